The zero-order valence-corrected chi connectivity index (χ0v) is 18.4. The third kappa shape index (κ3) is 7.37. The fourth-order valence-corrected chi connectivity index (χ4v) is 3.29. The Morgan fingerprint density at radius 3 is 2.40 bits per heavy atom. The third-order valence-electron chi connectivity index (χ3n) is 5.27. The molecule has 1 fully saturated rings. The predicted molar refractivity (Wildman–Crippen MR) is 118 cm³/mol. The third-order valence-corrected chi connectivity index (χ3v) is 5.27. The van der Waals surface area contributed by atoms with Crippen LogP contribution in [0.4, 0.5) is 0 Å². The number of hydrogen-bond acceptors (Lipinski definition) is 11. The number of rotatable bonds is 9. The summed E-state index contributed by atoms with van der Waals surface area (Å²) in [6.07, 6.45) is -4.64. The average Bonchev–Trinajstić information content (AvgIpc) is 2.83. The quantitative estimate of drug-likeness (QED) is 0.0965. The molecule has 6 unspecified atom stereocenters. The van der Waals surface area contributed by atoms with Gasteiger partial charge in [0.05, 0.1) is 0 Å². The highest BCUT2D eigenvalue weighted by Crippen LogP contribution is 2.26. The Balaban J connectivity index is 1.56. The minimum absolute atomic E-state index is 0.0261. The standard InChI is InChI=1S/C23H27NO11/c25-16-7-3-14(11-17(16)26)4-8-19(27)33-12-18-20(28)21(29)22(30)23(35-18)34-15-5-1-13(2-6-15)9-10-24(31)32/h1-8,11,18,20-26,28-31H,9-10,12H2. The summed E-state index contributed by atoms with van der Waals surface area (Å²) in [5.41, 5.74) is 1.19. The van der Waals surface area contributed by atoms with Crippen LogP contribution in [0.3, 0.4) is 0 Å². The molecule has 0 spiro atoms. The van der Waals surface area contributed by atoms with E-state index in [-0.39, 0.29) is 23.8 Å². The van der Waals surface area contributed by atoms with Crippen LogP contribution in [0.1, 0.15) is 11.1 Å². The van der Waals surface area contributed by atoms with E-state index < -0.39 is 48.5 Å². The summed E-state index contributed by atoms with van der Waals surface area (Å²) in [5, 5.41) is 67.9. The maximum Gasteiger partial charge on any atom is 0.330 e. The fraction of sp³-hybridized carbons (Fsp3) is 0.348. The number of hydroxylamine groups is 2. The van der Waals surface area contributed by atoms with Gasteiger partial charge in [0.2, 0.25) is 6.29 Å². The maximum atomic E-state index is 12.0. The van der Waals surface area contributed by atoms with E-state index in [2.05, 4.69) is 0 Å². The zero-order chi connectivity index (χ0) is 25.5. The molecule has 12 nitrogen and oxygen atoms in total. The van der Waals surface area contributed by atoms with E-state index in [9.17, 15) is 35.5 Å². The van der Waals surface area contributed by atoms with Gasteiger partial charge in [0.1, 0.15) is 43.3 Å². The molecule has 0 radical (unpaired) electrons. The van der Waals surface area contributed by atoms with E-state index in [0.29, 0.717) is 12.0 Å². The van der Waals surface area contributed by atoms with Crippen LogP contribution >= 0.6 is 0 Å². The van der Waals surface area contributed by atoms with Gasteiger partial charge < -0.3 is 45.0 Å². The van der Waals surface area contributed by atoms with Gasteiger partial charge in [-0.1, -0.05) is 18.2 Å². The molecule has 0 aliphatic carbocycles. The second kappa shape index (κ2) is 12.0. The minimum Gasteiger partial charge on any atom is -0.600 e. The van der Waals surface area contributed by atoms with Gasteiger partial charge >= 0.3 is 5.97 Å². The first-order valence-corrected chi connectivity index (χ1v) is 10.7. The Kier molecular flexibility index (Phi) is 9.01. The number of ether oxygens (including phenoxy) is 3. The lowest BCUT2D eigenvalue weighted by Crippen LogP contribution is -3.04. The van der Waals surface area contributed by atoms with Gasteiger partial charge in [0.25, 0.3) is 0 Å². The van der Waals surface area contributed by atoms with Crippen molar-refractivity contribution >= 4 is 12.0 Å². The van der Waals surface area contributed by atoms with Crippen molar-refractivity contribution in [1.29, 1.82) is 0 Å². The van der Waals surface area contributed by atoms with Gasteiger partial charge in [-0.15, -0.1) is 0 Å². The summed E-state index contributed by atoms with van der Waals surface area (Å²) < 4.78 is 16.1. The molecular weight excluding hydrogens is 466 g/mol. The topological polar surface area (TPSA) is 194 Å². The first kappa shape index (κ1) is 26.4. The molecule has 2 aromatic rings. The number of nitrogens with one attached hydrogen (secondary N) is 1. The van der Waals surface area contributed by atoms with E-state index in [1.807, 2.05) is 0 Å². The van der Waals surface area contributed by atoms with E-state index in [1.54, 1.807) is 24.3 Å². The Labute approximate surface area is 200 Å². The molecule has 6 atom stereocenters. The Hall–Kier alpha value is -3.23. The van der Waals surface area contributed by atoms with E-state index in [0.717, 1.165) is 11.6 Å². The second-order valence-electron chi connectivity index (χ2n) is 7.88. The Morgan fingerprint density at radius 2 is 1.74 bits per heavy atom. The van der Waals surface area contributed by atoms with Crippen LogP contribution in [0, 0.1) is 5.21 Å². The highest BCUT2D eigenvalue weighted by atomic mass is 16.8. The first-order chi connectivity index (χ1) is 16.6. The van der Waals surface area contributed by atoms with Crippen molar-refractivity contribution in [1.82, 2.24) is 0 Å². The van der Waals surface area contributed by atoms with Crippen molar-refractivity contribution in [2.75, 3.05) is 13.2 Å². The molecule has 1 heterocycles. The number of aromatic hydroxyl groups is 2. The molecule has 12 heteroatoms. The van der Waals surface area contributed by atoms with Crippen LogP contribution in [0.25, 0.3) is 6.08 Å². The number of benzene rings is 2. The molecule has 0 saturated carbocycles. The number of aliphatic hydroxyl groups is 3. The number of aliphatic hydroxyl groups excluding tert-OH is 3. The van der Waals surface area contributed by atoms with Crippen LogP contribution in [0.2, 0.25) is 0 Å². The lowest BCUT2D eigenvalue weighted by atomic mass is 9.99. The van der Waals surface area contributed by atoms with Gasteiger partial charge in [-0.05, 0) is 41.5 Å². The second-order valence-corrected chi connectivity index (χ2v) is 7.88. The summed E-state index contributed by atoms with van der Waals surface area (Å²) in [7, 11) is 0. The van der Waals surface area contributed by atoms with Gasteiger partial charge in [-0.2, -0.15) is 0 Å². The van der Waals surface area contributed by atoms with Gasteiger partial charge in [0, 0.05) is 12.5 Å². The molecule has 35 heavy (non-hydrogen) atoms. The molecule has 1 aliphatic rings. The van der Waals surface area contributed by atoms with Crippen molar-refractivity contribution in [2.45, 2.75) is 37.1 Å². The molecule has 2 aromatic carbocycles. The minimum atomic E-state index is -1.64. The zero-order valence-electron chi connectivity index (χ0n) is 18.4. The maximum absolute atomic E-state index is 12.0. The number of quaternary nitrogens is 1. The lowest BCUT2D eigenvalue weighted by molar-refractivity contribution is -1.05. The van der Waals surface area contributed by atoms with Crippen LogP contribution in [-0.2, 0) is 20.7 Å². The number of esters is 1. The summed E-state index contributed by atoms with van der Waals surface area (Å²) >= 11 is 0. The molecule has 190 valence electrons. The van der Waals surface area contributed by atoms with E-state index >= 15 is 0 Å². The molecule has 1 aliphatic heterocycles. The Bertz CT molecular complexity index is 1010. The summed E-state index contributed by atoms with van der Waals surface area (Å²) in [5.74, 6) is -1.19. The van der Waals surface area contributed by atoms with Crippen molar-refractivity contribution in [3.8, 4) is 17.2 Å². The lowest BCUT2D eigenvalue weighted by Gasteiger charge is -2.39. The van der Waals surface area contributed by atoms with Crippen LogP contribution in [-0.4, -0.2) is 80.6 Å². The smallest absolute Gasteiger partial charge is 0.330 e. The molecule has 7 N–H and O–H groups in total. The number of carbonyl (C=O) groups excluding carboxylic acids is 1. The largest absolute Gasteiger partial charge is 0.600 e. The summed E-state index contributed by atoms with van der Waals surface area (Å²) in [6, 6.07) is 10.4. The molecular formula is C23H27NO11. The fourth-order valence-electron chi connectivity index (χ4n) is 3.29. The number of phenolic OH excluding ortho intramolecular Hbond substituents is 2. The van der Waals surface area contributed by atoms with E-state index in [1.165, 1.54) is 24.3 Å². The normalized spacial score (nSPS) is 25.3. The summed E-state index contributed by atoms with van der Waals surface area (Å²) in [6.45, 7) is -0.481. The van der Waals surface area contributed by atoms with Crippen molar-refractivity contribution in [2.24, 2.45) is 0 Å². The van der Waals surface area contributed by atoms with Crippen molar-refractivity contribution in [3.05, 3.63) is 64.9 Å². The predicted octanol–water partition coefficient (Wildman–Crippen LogP) is -1.14. The highest BCUT2D eigenvalue weighted by molar-refractivity contribution is 5.87. The van der Waals surface area contributed by atoms with Crippen LogP contribution in [0.5, 0.6) is 17.2 Å². The number of carbonyl (C=O) groups is 1. The van der Waals surface area contributed by atoms with E-state index in [4.69, 9.17) is 19.4 Å². The van der Waals surface area contributed by atoms with Crippen LogP contribution < -0.4 is 9.96 Å². The van der Waals surface area contributed by atoms with Crippen molar-refractivity contribution < 1.29 is 55.0 Å². The van der Waals surface area contributed by atoms with Gasteiger partial charge in [0.15, 0.2) is 11.5 Å². The van der Waals surface area contributed by atoms with Crippen LogP contribution in [0.15, 0.2) is 48.5 Å². The van der Waals surface area contributed by atoms with Gasteiger partial charge in [-0.25, -0.2) is 15.2 Å². The number of hydrogen-bond donors (Lipinski definition) is 7. The molecule has 1 saturated heterocycles. The monoisotopic (exact) mass is 493 g/mol. The molecule has 0 amide bonds. The van der Waals surface area contributed by atoms with Crippen molar-refractivity contribution in [3.63, 3.8) is 0 Å². The van der Waals surface area contributed by atoms with Gasteiger partial charge in [-0.3, -0.25) is 0 Å². The summed E-state index contributed by atoms with van der Waals surface area (Å²) in [4.78, 5) is 12.0. The SMILES string of the molecule is O=C(C=Cc1ccc(O)c(O)c1)OCC1OC(Oc2ccc(CC[NH+]([O-])O)cc2)C(O)C(O)C1O. The molecule has 0 bridgehead atoms. The molecule has 3 rings (SSSR count). The average molecular weight is 493 g/mol. The first-order valence-electron chi connectivity index (χ1n) is 10.7. The highest BCUT2D eigenvalue weighted by Gasteiger charge is 2.45. The Morgan fingerprint density at radius 1 is 1.03 bits per heavy atom. The number of phenols is 2. The molecule has 0 aromatic heterocycles.